The van der Waals surface area contributed by atoms with Gasteiger partial charge in [0.25, 0.3) is 0 Å². The van der Waals surface area contributed by atoms with E-state index in [1.807, 2.05) is 7.05 Å². The number of aryl methyl sites for hydroxylation is 1. The van der Waals surface area contributed by atoms with Crippen LogP contribution in [0.1, 0.15) is 16.7 Å². The minimum Gasteiger partial charge on any atom is -0.389 e. The van der Waals surface area contributed by atoms with E-state index < -0.39 is 0 Å². The van der Waals surface area contributed by atoms with E-state index in [0.717, 1.165) is 13.7 Å². The van der Waals surface area contributed by atoms with Gasteiger partial charge in [-0.05, 0) is 35.6 Å². The van der Waals surface area contributed by atoms with E-state index in [4.69, 9.17) is 0 Å². The van der Waals surface area contributed by atoms with Gasteiger partial charge in [0.1, 0.15) is 15.7 Å². The minimum atomic E-state index is 0.969. The number of benzene rings is 3. The molecule has 0 bridgehead atoms. The van der Waals surface area contributed by atoms with Crippen LogP contribution < -0.4 is 21.7 Å². The molecule has 3 aromatic rings. The average Bonchev–Trinajstić information content (AvgIpc) is 2.61. The SMILES string of the molecule is Bc1cc(-c2c(BC)cc(C)cc2Cc2ccccc2)cc(B)c1NC. The van der Waals surface area contributed by atoms with E-state index >= 15 is 0 Å². The standard InChI is InChI=1S/C22H26B3N/c1-14-9-16(11-15-7-5-4-6-8-15)21(20(10-14)25-2)17-12-18(23)22(26-3)19(24)13-17/h4-10,12-13,25-26H,11,23-24H2,1-3H3. The van der Waals surface area contributed by atoms with Crippen molar-refractivity contribution >= 4 is 45.0 Å². The molecule has 0 saturated heterocycles. The summed E-state index contributed by atoms with van der Waals surface area (Å²) in [5, 5.41) is 3.33. The summed E-state index contributed by atoms with van der Waals surface area (Å²) >= 11 is 0. The highest BCUT2D eigenvalue weighted by molar-refractivity contribution is 6.54. The molecule has 26 heavy (non-hydrogen) atoms. The fourth-order valence-electron chi connectivity index (χ4n) is 4.05. The molecule has 1 N–H and O–H groups in total. The lowest BCUT2D eigenvalue weighted by Crippen LogP contribution is -2.24. The highest BCUT2D eigenvalue weighted by Gasteiger charge is 2.14. The fraction of sp³-hybridized carbons (Fsp3) is 0.182. The molecule has 0 saturated carbocycles. The van der Waals surface area contributed by atoms with Crippen LogP contribution in [0, 0.1) is 6.92 Å². The molecule has 0 aliphatic rings. The molecule has 0 radical (unpaired) electrons. The third-order valence-electron chi connectivity index (χ3n) is 5.14. The van der Waals surface area contributed by atoms with Gasteiger partial charge in [0.05, 0.1) is 0 Å². The van der Waals surface area contributed by atoms with Crippen LogP contribution in [0.3, 0.4) is 0 Å². The summed E-state index contributed by atoms with van der Waals surface area (Å²) in [6, 6.07) is 20.1. The van der Waals surface area contributed by atoms with Gasteiger partial charge in [-0.15, -0.1) is 0 Å². The van der Waals surface area contributed by atoms with E-state index in [1.54, 1.807) is 0 Å². The molecule has 0 unspecified atom stereocenters. The first-order chi connectivity index (χ1) is 12.5. The van der Waals surface area contributed by atoms with Gasteiger partial charge in [-0.1, -0.05) is 83.4 Å². The fourth-order valence-corrected chi connectivity index (χ4v) is 4.05. The van der Waals surface area contributed by atoms with Crippen LogP contribution in [0.25, 0.3) is 11.1 Å². The van der Waals surface area contributed by atoms with Crippen LogP contribution in [-0.4, -0.2) is 30.0 Å². The van der Waals surface area contributed by atoms with Gasteiger partial charge in [0.15, 0.2) is 7.28 Å². The molecule has 0 aliphatic carbocycles. The maximum Gasteiger partial charge on any atom is 0.155 e. The molecule has 128 valence electrons. The van der Waals surface area contributed by atoms with Crippen LogP contribution in [0.15, 0.2) is 54.6 Å². The minimum absolute atomic E-state index is 0.969. The number of hydrogen-bond donors (Lipinski definition) is 1. The van der Waals surface area contributed by atoms with Crippen molar-refractivity contribution in [3.05, 3.63) is 71.3 Å². The number of anilines is 1. The Hall–Kier alpha value is -2.35. The largest absolute Gasteiger partial charge is 0.389 e. The van der Waals surface area contributed by atoms with Crippen LogP contribution >= 0.6 is 0 Å². The average molecular weight is 337 g/mol. The maximum atomic E-state index is 3.33. The Morgan fingerprint density at radius 3 is 2.19 bits per heavy atom. The zero-order chi connectivity index (χ0) is 18.7. The van der Waals surface area contributed by atoms with Crippen LogP contribution in [0.4, 0.5) is 5.69 Å². The van der Waals surface area contributed by atoms with Crippen molar-refractivity contribution in [1.82, 2.24) is 0 Å². The predicted octanol–water partition coefficient (Wildman–Crippen LogP) is 0.921. The second-order valence-electron chi connectivity index (χ2n) is 7.21. The van der Waals surface area contributed by atoms with Gasteiger partial charge >= 0.3 is 0 Å². The van der Waals surface area contributed by atoms with Gasteiger partial charge < -0.3 is 5.32 Å². The normalized spacial score (nSPS) is 10.6. The molecule has 3 rings (SSSR count). The topological polar surface area (TPSA) is 12.0 Å². The van der Waals surface area contributed by atoms with E-state index in [2.05, 4.69) is 89.4 Å². The number of rotatable bonds is 5. The molecule has 1 nitrogen and oxygen atoms in total. The van der Waals surface area contributed by atoms with Crippen molar-refractivity contribution in [3.63, 3.8) is 0 Å². The monoisotopic (exact) mass is 337 g/mol. The van der Waals surface area contributed by atoms with Gasteiger partial charge in [-0.3, -0.25) is 0 Å². The molecule has 4 heteroatoms. The molecule has 0 atom stereocenters. The van der Waals surface area contributed by atoms with Crippen molar-refractivity contribution in [1.29, 1.82) is 0 Å². The van der Waals surface area contributed by atoms with Crippen molar-refractivity contribution in [2.24, 2.45) is 0 Å². The first-order valence-corrected chi connectivity index (χ1v) is 9.49. The maximum absolute atomic E-state index is 3.33. The van der Waals surface area contributed by atoms with E-state index in [9.17, 15) is 0 Å². The van der Waals surface area contributed by atoms with E-state index in [1.165, 1.54) is 49.9 Å². The molecule has 0 aromatic heterocycles. The summed E-state index contributed by atoms with van der Waals surface area (Å²) < 4.78 is 0. The Morgan fingerprint density at radius 2 is 1.62 bits per heavy atom. The molecule has 0 spiro atoms. The van der Waals surface area contributed by atoms with Gasteiger partial charge in [0.2, 0.25) is 0 Å². The van der Waals surface area contributed by atoms with Gasteiger partial charge in [0, 0.05) is 12.7 Å². The molecule has 3 aromatic carbocycles. The molecular weight excluding hydrogens is 311 g/mol. The number of nitrogens with one attached hydrogen (secondary N) is 1. The summed E-state index contributed by atoms with van der Waals surface area (Å²) in [5.74, 6) is 0. The summed E-state index contributed by atoms with van der Waals surface area (Å²) in [5.41, 5.74) is 12.2. The van der Waals surface area contributed by atoms with Crippen LogP contribution in [-0.2, 0) is 6.42 Å². The summed E-state index contributed by atoms with van der Waals surface area (Å²) in [7, 11) is 7.43. The van der Waals surface area contributed by atoms with Crippen LogP contribution in [0.5, 0.6) is 0 Å². The molecule has 0 heterocycles. The summed E-state index contributed by atoms with van der Waals surface area (Å²) in [4.78, 5) is 0. The second kappa shape index (κ2) is 7.91. The highest BCUT2D eigenvalue weighted by atomic mass is 14.8. The lowest BCUT2D eigenvalue weighted by Gasteiger charge is -2.19. The Morgan fingerprint density at radius 1 is 0.962 bits per heavy atom. The lowest BCUT2D eigenvalue weighted by atomic mass is 9.67. The third-order valence-corrected chi connectivity index (χ3v) is 5.14. The highest BCUT2D eigenvalue weighted by Crippen LogP contribution is 2.25. The van der Waals surface area contributed by atoms with E-state index in [-0.39, 0.29) is 0 Å². The quantitative estimate of drug-likeness (QED) is 0.683. The zero-order valence-electron chi connectivity index (χ0n) is 16.6. The Balaban J connectivity index is 2.19. The van der Waals surface area contributed by atoms with Crippen LogP contribution in [0.2, 0.25) is 6.82 Å². The Labute approximate surface area is 160 Å². The molecule has 0 amide bonds. The molecule has 0 aliphatic heterocycles. The van der Waals surface area contributed by atoms with Gasteiger partial charge in [-0.25, -0.2) is 0 Å². The predicted molar refractivity (Wildman–Crippen MR) is 124 cm³/mol. The van der Waals surface area contributed by atoms with Crippen molar-refractivity contribution in [2.45, 2.75) is 20.2 Å². The van der Waals surface area contributed by atoms with Crippen molar-refractivity contribution < 1.29 is 0 Å². The Bertz CT molecular complexity index is 897. The zero-order valence-corrected chi connectivity index (χ0v) is 16.6. The molecule has 0 fully saturated rings. The number of hydrogen-bond acceptors (Lipinski definition) is 1. The Kier molecular flexibility index (Phi) is 5.61. The van der Waals surface area contributed by atoms with Crippen molar-refractivity contribution in [2.75, 3.05) is 12.4 Å². The van der Waals surface area contributed by atoms with E-state index in [0.29, 0.717) is 0 Å². The third kappa shape index (κ3) is 3.75. The summed E-state index contributed by atoms with van der Waals surface area (Å²) in [6.45, 7) is 4.46. The second-order valence-corrected chi connectivity index (χ2v) is 7.21. The first-order valence-electron chi connectivity index (χ1n) is 9.49. The first kappa shape index (κ1) is 18.4. The lowest BCUT2D eigenvalue weighted by molar-refractivity contribution is 1.19. The molecular formula is C22H26B3N. The smallest absolute Gasteiger partial charge is 0.155 e. The van der Waals surface area contributed by atoms with Crippen molar-refractivity contribution in [3.8, 4) is 11.1 Å². The summed E-state index contributed by atoms with van der Waals surface area (Å²) in [6.07, 6.45) is 0.969. The van der Waals surface area contributed by atoms with Gasteiger partial charge in [-0.2, -0.15) is 0 Å².